The topological polar surface area (TPSA) is 48.9 Å². The van der Waals surface area contributed by atoms with E-state index < -0.39 is 0 Å². The Morgan fingerprint density at radius 2 is 2.43 bits per heavy atom. The first kappa shape index (κ1) is 9.71. The third-order valence-electron chi connectivity index (χ3n) is 3.28. The fourth-order valence-electron chi connectivity index (χ4n) is 2.46. The Hall–Kier alpha value is -0.830. The van der Waals surface area contributed by atoms with Crippen molar-refractivity contribution in [2.24, 2.45) is 11.8 Å². The highest BCUT2D eigenvalue weighted by Gasteiger charge is 2.26. The second-order valence-electron chi connectivity index (χ2n) is 4.51. The highest BCUT2D eigenvalue weighted by molar-refractivity contribution is 5.08. The van der Waals surface area contributed by atoms with E-state index in [-0.39, 0.29) is 6.10 Å². The predicted octanol–water partition coefficient (Wildman–Crippen LogP) is 2.27. The Morgan fingerprint density at radius 1 is 1.57 bits per heavy atom. The van der Waals surface area contributed by atoms with E-state index in [0.29, 0.717) is 5.92 Å². The number of nitrogens with one attached hydrogen (secondary N) is 1. The molecule has 1 aliphatic carbocycles. The van der Waals surface area contributed by atoms with Crippen LogP contribution in [0, 0.1) is 11.8 Å². The fourth-order valence-corrected chi connectivity index (χ4v) is 2.46. The lowest BCUT2D eigenvalue weighted by Gasteiger charge is -2.29. The molecule has 0 spiro atoms. The molecule has 3 unspecified atom stereocenters. The summed E-state index contributed by atoms with van der Waals surface area (Å²) in [5, 5.41) is 16.7. The fraction of sp³-hybridized carbons (Fsp3) is 0.727. The van der Waals surface area contributed by atoms with Crippen molar-refractivity contribution in [2.45, 2.75) is 38.7 Å². The zero-order chi connectivity index (χ0) is 9.97. The average Bonchev–Trinajstić information content (AvgIpc) is 2.69. The molecule has 2 rings (SSSR count). The van der Waals surface area contributed by atoms with Crippen LogP contribution < -0.4 is 0 Å². The quantitative estimate of drug-likeness (QED) is 0.758. The van der Waals surface area contributed by atoms with Crippen LogP contribution in [0.2, 0.25) is 0 Å². The standard InChI is InChI=1S/C11H18N2O/c1-8-3-2-4-9(5-8)11(14)10-6-12-13-7-10/h6-9,11,14H,2-5H2,1H3,(H,12,13). The maximum absolute atomic E-state index is 10.1. The zero-order valence-corrected chi connectivity index (χ0v) is 8.61. The molecular formula is C11H18N2O. The maximum atomic E-state index is 10.1. The lowest BCUT2D eigenvalue weighted by atomic mass is 9.78. The summed E-state index contributed by atoms with van der Waals surface area (Å²) in [4.78, 5) is 0. The molecule has 3 atom stereocenters. The van der Waals surface area contributed by atoms with E-state index in [1.165, 1.54) is 12.8 Å². The number of aliphatic hydroxyl groups is 1. The summed E-state index contributed by atoms with van der Waals surface area (Å²) >= 11 is 0. The molecule has 0 bridgehead atoms. The molecule has 0 aromatic carbocycles. The summed E-state index contributed by atoms with van der Waals surface area (Å²) in [6.07, 6.45) is 8.06. The number of rotatable bonds is 2. The van der Waals surface area contributed by atoms with Crippen LogP contribution >= 0.6 is 0 Å². The van der Waals surface area contributed by atoms with Crippen LogP contribution in [0.3, 0.4) is 0 Å². The van der Waals surface area contributed by atoms with Gasteiger partial charge in [0.1, 0.15) is 0 Å². The third-order valence-corrected chi connectivity index (χ3v) is 3.28. The second kappa shape index (κ2) is 4.13. The van der Waals surface area contributed by atoms with Gasteiger partial charge in [-0.3, -0.25) is 5.10 Å². The molecule has 1 fully saturated rings. The van der Waals surface area contributed by atoms with E-state index >= 15 is 0 Å². The molecule has 1 heterocycles. The minimum Gasteiger partial charge on any atom is -0.388 e. The Balaban J connectivity index is 2.00. The van der Waals surface area contributed by atoms with E-state index in [1.807, 2.05) is 0 Å². The SMILES string of the molecule is CC1CCCC(C(O)c2cn[nH]c2)C1. The van der Waals surface area contributed by atoms with E-state index in [1.54, 1.807) is 12.4 Å². The normalized spacial score (nSPS) is 30.1. The second-order valence-corrected chi connectivity index (χ2v) is 4.51. The highest BCUT2D eigenvalue weighted by atomic mass is 16.3. The summed E-state index contributed by atoms with van der Waals surface area (Å²) < 4.78 is 0. The van der Waals surface area contributed by atoms with Crippen molar-refractivity contribution in [2.75, 3.05) is 0 Å². The monoisotopic (exact) mass is 194 g/mol. The van der Waals surface area contributed by atoms with Crippen LogP contribution in [-0.2, 0) is 0 Å². The van der Waals surface area contributed by atoms with Crippen LogP contribution in [-0.4, -0.2) is 15.3 Å². The van der Waals surface area contributed by atoms with Crippen molar-refractivity contribution in [3.63, 3.8) is 0 Å². The number of aliphatic hydroxyl groups excluding tert-OH is 1. The van der Waals surface area contributed by atoms with E-state index in [0.717, 1.165) is 24.3 Å². The van der Waals surface area contributed by atoms with Gasteiger partial charge in [0.15, 0.2) is 0 Å². The van der Waals surface area contributed by atoms with E-state index in [2.05, 4.69) is 17.1 Å². The Labute approximate surface area is 84.5 Å². The van der Waals surface area contributed by atoms with Crippen molar-refractivity contribution in [3.05, 3.63) is 18.0 Å². The van der Waals surface area contributed by atoms with Crippen LogP contribution in [0.4, 0.5) is 0 Å². The summed E-state index contributed by atoms with van der Waals surface area (Å²) in [6, 6.07) is 0. The van der Waals surface area contributed by atoms with Crippen molar-refractivity contribution in [1.82, 2.24) is 10.2 Å². The molecule has 0 aliphatic heterocycles. The molecule has 0 radical (unpaired) electrons. The van der Waals surface area contributed by atoms with E-state index in [9.17, 15) is 5.11 Å². The minimum absolute atomic E-state index is 0.323. The first-order valence-electron chi connectivity index (χ1n) is 5.44. The van der Waals surface area contributed by atoms with Gasteiger partial charge in [-0.25, -0.2) is 0 Å². The summed E-state index contributed by atoms with van der Waals surface area (Å²) in [6.45, 7) is 2.27. The van der Waals surface area contributed by atoms with Gasteiger partial charge in [-0.05, 0) is 24.7 Å². The summed E-state index contributed by atoms with van der Waals surface area (Å²) in [5.74, 6) is 1.19. The Morgan fingerprint density at radius 3 is 3.07 bits per heavy atom. The number of nitrogens with zero attached hydrogens (tertiary/aromatic N) is 1. The number of hydrogen-bond acceptors (Lipinski definition) is 2. The van der Waals surface area contributed by atoms with Gasteiger partial charge in [0.05, 0.1) is 12.3 Å². The van der Waals surface area contributed by atoms with Crippen LogP contribution in [0.25, 0.3) is 0 Å². The lowest BCUT2D eigenvalue weighted by Crippen LogP contribution is -2.19. The van der Waals surface area contributed by atoms with Gasteiger partial charge in [-0.15, -0.1) is 0 Å². The Bertz CT molecular complexity index is 271. The smallest absolute Gasteiger partial charge is 0.0848 e. The predicted molar refractivity (Wildman–Crippen MR) is 54.7 cm³/mol. The number of H-pyrrole nitrogens is 1. The molecule has 1 aromatic rings. The van der Waals surface area contributed by atoms with Crippen LogP contribution in [0.5, 0.6) is 0 Å². The molecule has 78 valence electrons. The molecule has 3 nitrogen and oxygen atoms in total. The molecule has 0 amide bonds. The highest BCUT2D eigenvalue weighted by Crippen LogP contribution is 2.36. The van der Waals surface area contributed by atoms with Gasteiger partial charge < -0.3 is 5.11 Å². The summed E-state index contributed by atoms with van der Waals surface area (Å²) in [5.41, 5.74) is 0.934. The number of aromatic amines is 1. The molecule has 1 aliphatic rings. The Kier molecular flexibility index (Phi) is 2.87. The number of aromatic nitrogens is 2. The average molecular weight is 194 g/mol. The lowest BCUT2D eigenvalue weighted by molar-refractivity contribution is 0.0714. The molecular weight excluding hydrogens is 176 g/mol. The molecule has 2 N–H and O–H groups in total. The van der Waals surface area contributed by atoms with Gasteiger partial charge in [-0.1, -0.05) is 19.8 Å². The van der Waals surface area contributed by atoms with Gasteiger partial charge in [0.25, 0.3) is 0 Å². The van der Waals surface area contributed by atoms with Crippen molar-refractivity contribution in [1.29, 1.82) is 0 Å². The molecule has 3 heteroatoms. The molecule has 0 saturated heterocycles. The minimum atomic E-state index is -0.323. The van der Waals surface area contributed by atoms with Gasteiger partial charge in [0.2, 0.25) is 0 Å². The maximum Gasteiger partial charge on any atom is 0.0848 e. The van der Waals surface area contributed by atoms with Crippen LogP contribution in [0.15, 0.2) is 12.4 Å². The summed E-state index contributed by atoms with van der Waals surface area (Å²) in [7, 11) is 0. The molecule has 1 aromatic heterocycles. The van der Waals surface area contributed by atoms with Gasteiger partial charge in [-0.2, -0.15) is 5.10 Å². The molecule has 14 heavy (non-hydrogen) atoms. The largest absolute Gasteiger partial charge is 0.388 e. The van der Waals surface area contributed by atoms with Crippen molar-refractivity contribution in [3.8, 4) is 0 Å². The van der Waals surface area contributed by atoms with Crippen LogP contribution in [0.1, 0.15) is 44.3 Å². The first-order valence-corrected chi connectivity index (χ1v) is 5.44. The van der Waals surface area contributed by atoms with Crippen molar-refractivity contribution >= 4 is 0 Å². The van der Waals surface area contributed by atoms with Gasteiger partial charge >= 0.3 is 0 Å². The first-order chi connectivity index (χ1) is 6.77. The number of hydrogen-bond donors (Lipinski definition) is 2. The molecule has 1 saturated carbocycles. The van der Waals surface area contributed by atoms with Crippen molar-refractivity contribution < 1.29 is 5.11 Å². The van der Waals surface area contributed by atoms with Gasteiger partial charge in [0, 0.05) is 11.8 Å². The third kappa shape index (κ3) is 1.98. The van der Waals surface area contributed by atoms with E-state index in [4.69, 9.17) is 0 Å². The zero-order valence-electron chi connectivity index (χ0n) is 8.61.